The Labute approximate surface area is 314 Å². The van der Waals surface area contributed by atoms with Crippen LogP contribution in [0.4, 0.5) is 10.5 Å². The van der Waals surface area contributed by atoms with Crippen LogP contribution < -0.4 is 25.5 Å². The summed E-state index contributed by atoms with van der Waals surface area (Å²) in [5, 5.41) is 8.07. The summed E-state index contributed by atoms with van der Waals surface area (Å²) < 4.78 is 43.1. The first kappa shape index (κ1) is 39.0. The first-order chi connectivity index (χ1) is 25.1. The fourth-order valence-electron chi connectivity index (χ4n) is 6.10. The van der Waals surface area contributed by atoms with Gasteiger partial charge in [-0.05, 0) is 68.7 Å². The number of sulfonamides is 1. The van der Waals surface area contributed by atoms with Gasteiger partial charge in [0.05, 0.1) is 39.3 Å². The van der Waals surface area contributed by atoms with Gasteiger partial charge in [-0.2, -0.15) is 10.1 Å². The van der Waals surface area contributed by atoms with E-state index in [4.69, 9.17) is 30.8 Å². The second-order valence-electron chi connectivity index (χ2n) is 13.0. The molecule has 16 heteroatoms. The maximum atomic E-state index is 14.6. The fourth-order valence-corrected chi connectivity index (χ4v) is 7.83. The predicted molar refractivity (Wildman–Crippen MR) is 213 cm³/mol. The van der Waals surface area contributed by atoms with Gasteiger partial charge in [-0.3, -0.25) is 4.79 Å². The van der Waals surface area contributed by atoms with Crippen molar-refractivity contribution in [2.24, 2.45) is 10.8 Å². The standard InChI is InChI=1S/C37H39B4N5O6S/c1-24-18-29(46-37(48)43-26(3)34(44-46)36(38)39)19-25(2)35(24)51-30-16-17-31(52-41(5)22-28-14-10-7-11-15-28)32(20-30)53(49,50)45(23-33(42)47)40(4)21-27-12-8-6-9-13-27/h6-20,36H,3,21-23H2,1-2,4-5H3,(H2,42,47)(H,43,48). The molecular formula is C37H39B4N5O6S. The number of nitrogens with two attached hydrogens (primary N) is 1. The molecule has 0 spiro atoms. The average molecular weight is 725 g/mol. The zero-order chi connectivity index (χ0) is 38.4. The largest absolute Gasteiger partial charge is 0.560 e. The molecule has 4 aromatic rings. The Balaban J connectivity index is 1.53. The Bertz CT molecular complexity index is 2120. The predicted octanol–water partition coefficient (Wildman–Crippen LogP) is 5.24. The molecule has 4 radical (unpaired) electrons. The molecule has 3 amide bonds. The van der Waals surface area contributed by atoms with Crippen molar-refractivity contribution < 1.29 is 27.4 Å². The van der Waals surface area contributed by atoms with E-state index in [1.54, 1.807) is 44.9 Å². The van der Waals surface area contributed by atoms with E-state index in [-0.39, 0.29) is 27.8 Å². The number of nitrogens with one attached hydrogen (secondary N) is 1. The Kier molecular flexibility index (Phi) is 12.3. The minimum atomic E-state index is -4.41. The molecule has 53 heavy (non-hydrogen) atoms. The zero-order valence-electron chi connectivity index (χ0n) is 30.2. The van der Waals surface area contributed by atoms with Crippen molar-refractivity contribution in [1.82, 2.24) is 9.53 Å². The number of nitrogens with zero attached hydrogens (tertiary/aromatic N) is 3. The molecule has 1 heterocycles. The molecule has 0 atom stereocenters. The van der Waals surface area contributed by atoms with E-state index in [0.29, 0.717) is 35.2 Å². The summed E-state index contributed by atoms with van der Waals surface area (Å²) in [6.45, 7) is 9.31. The van der Waals surface area contributed by atoms with Crippen LogP contribution in [0, 0.1) is 13.8 Å². The Morgan fingerprint density at radius 3 is 2.11 bits per heavy atom. The SMILES string of the molecule is [B]C([B])C1=NN(c2cc(C)c(Oc3ccc(OB(C)Cc4ccccc4)c(S(=O)(=O)N(CC(N)=O)B(C)Cc4ccccc4)c3)c(C)c2)C(=O)NC1=C. The highest BCUT2D eigenvalue weighted by molar-refractivity contribution is 7.90. The first-order valence-electron chi connectivity index (χ1n) is 17.0. The second kappa shape index (κ2) is 16.6. The van der Waals surface area contributed by atoms with Crippen LogP contribution in [0.5, 0.6) is 17.2 Å². The highest BCUT2D eigenvalue weighted by Crippen LogP contribution is 2.38. The monoisotopic (exact) mass is 725 g/mol. The fraction of sp³-hybridized carbons (Fsp3) is 0.216. The van der Waals surface area contributed by atoms with Gasteiger partial charge in [-0.1, -0.05) is 90.9 Å². The van der Waals surface area contributed by atoms with Crippen molar-refractivity contribution in [3.05, 3.63) is 126 Å². The number of hydrogen-bond donors (Lipinski definition) is 2. The van der Waals surface area contributed by atoms with Gasteiger partial charge < -0.3 is 20.4 Å². The molecule has 3 N–H and O–H groups in total. The number of benzene rings is 4. The van der Waals surface area contributed by atoms with E-state index in [1.165, 1.54) is 6.07 Å². The van der Waals surface area contributed by atoms with E-state index < -0.39 is 48.0 Å². The molecule has 0 fully saturated rings. The molecule has 0 saturated heterocycles. The number of primary amides is 1. The van der Waals surface area contributed by atoms with Gasteiger partial charge in [0.25, 0.3) is 0 Å². The van der Waals surface area contributed by atoms with Crippen molar-refractivity contribution in [3.8, 4) is 17.2 Å². The molecule has 266 valence electrons. The molecule has 4 aromatic carbocycles. The quantitative estimate of drug-likeness (QED) is 0.161. The lowest BCUT2D eigenvalue weighted by Gasteiger charge is -2.28. The van der Waals surface area contributed by atoms with Crippen LogP contribution in [0.3, 0.4) is 0 Å². The van der Waals surface area contributed by atoms with Crippen molar-refractivity contribution in [2.75, 3.05) is 11.6 Å². The highest BCUT2D eigenvalue weighted by Gasteiger charge is 2.36. The lowest BCUT2D eigenvalue weighted by Crippen LogP contribution is -2.47. The Morgan fingerprint density at radius 1 is 0.962 bits per heavy atom. The number of carbonyl (C=O) groups excluding carboxylic acids is 2. The minimum absolute atomic E-state index is 0.0930. The lowest BCUT2D eigenvalue weighted by atomic mass is 9.60. The zero-order valence-corrected chi connectivity index (χ0v) is 31.0. The number of ether oxygens (including phenoxy) is 1. The molecule has 0 aliphatic carbocycles. The van der Waals surface area contributed by atoms with Gasteiger partial charge in [-0.25, -0.2) is 17.4 Å². The van der Waals surface area contributed by atoms with Gasteiger partial charge in [0, 0.05) is 6.07 Å². The number of hydrazone groups is 1. The van der Waals surface area contributed by atoms with Gasteiger partial charge in [0.2, 0.25) is 22.8 Å². The summed E-state index contributed by atoms with van der Waals surface area (Å²) in [6, 6.07) is 26.5. The number of amides is 3. The number of anilines is 1. The number of aryl methyl sites for hydroxylation is 2. The maximum Gasteiger partial charge on any atom is 0.359 e. The summed E-state index contributed by atoms with van der Waals surface area (Å²) in [6.07, 6.45) is 0.853. The summed E-state index contributed by atoms with van der Waals surface area (Å²) >= 11 is 0. The van der Waals surface area contributed by atoms with Crippen molar-refractivity contribution in [1.29, 1.82) is 0 Å². The van der Waals surface area contributed by atoms with E-state index in [9.17, 15) is 18.0 Å². The van der Waals surface area contributed by atoms with Crippen molar-refractivity contribution in [3.63, 3.8) is 0 Å². The molecule has 1 aliphatic heterocycles. The van der Waals surface area contributed by atoms with Gasteiger partial charge in [0.1, 0.15) is 22.1 Å². The molecule has 0 saturated carbocycles. The third kappa shape index (κ3) is 9.43. The van der Waals surface area contributed by atoms with E-state index in [0.717, 1.165) is 20.4 Å². The van der Waals surface area contributed by atoms with Gasteiger partial charge >= 0.3 is 12.9 Å². The van der Waals surface area contributed by atoms with Crippen LogP contribution in [0.1, 0.15) is 22.3 Å². The van der Waals surface area contributed by atoms with Crippen molar-refractivity contribution in [2.45, 2.75) is 50.7 Å². The van der Waals surface area contributed by atoms with E-state index in [2.05, 4.69) is 17.0 Å². The van der Waals surface area contributed by atoms with Crippen LogP contribution in [0.15, 0.2) is 113 Å². The van der Waals surface area contributed by atoms with Crippen molar-refractivity contribution >= 4 is 62.8 Å². The minimum Gasteiger partial charge on any atom is -0.560 e. The van der Waals surface area contributed by atoms with Crippen LogP contribution >= 0.6 is 0 Å². The van der Waals surface area contributed by atoms with Crippen LogP contribution in [-0.4, -0.2) is 66.3 Å². The number of urea groups is 1. The van der Waals surface area contributed by atoms with E-state index in [1.807, 2.05) is 67.5 Å². The maximum absolute atomic E-state index is 14.6. The van der Waals surface area contributed by atoms with Crippen LogP contribution in [0.2, 0.25) is 19.4 Å². The first-order valence-corrected chi connectivity index (χ1v) is 18.5. The van der Waals surface area contributed by atoms with Crippen LogP contribution in [-0.2, 0) is 27.5 Å². The second-order valence-corrected chi connectivity index (χ2v) is 14.9. The summed E-state index contributed by atoms with van der Waals surface area (Å²) in [5.41, 5.74) is 8.67. The summed E-state index contributed by atoms with van der Waals surface area (Å²) in [7, 11) is 7.25. The summed E-state index contributed by atoms with van der Waals surface area (Å²) in [5.74, 6) is -0.0860. The Hall–Kier alpha value is -5.20. The van der Waals surface area contributed by atoms with Crippen LogP contribution in [0.25, 0.3) is 0 Å². The average Bonchev–Trinajstić information content (AvgIpc) is 3.09. The molecule has 0 bridgehead atoms. The lowest BCUT2D eigenvalue weighted by molar-refractivity contribution is -0.117. The molecule has 1 aliphatic rings. The molecule has 11 nitrogen and oxygen atoms in total. The van der Waals surface area contributed by atoms with Gasteiger partial charge in [-0.15, -0.1) is 0 Å². The third-order valence-corrected chi connectivity index (χ3v) is 10.5. The third-order valence-electron chi connectivity index (χ3n) is 8.57. The number of rotatable bonds is 15. The summed E-state index contributed by atoms with van der Waals surface area (Å²) in [4.78, 5) is 25.0. The highest BCUT2D eigenvalue weighted by atomic mass is 32.2. The van der Waals surface area contributed by atoms with Gasteiger partial charge in [0.15, 0.2) is 0 Å². The molecule has 0 unspecified atom stereocenters. The molecule has 5 rings (SSSR count). The smallest absolute Gasteiger partial charge is 0.359 e. The normalized spacial score (nSPS) is 13.1. The number of carbonyl (C=O) groups is 2. The Morgan fingerprint density at radius 2 is 1.55 bits per heavy atom. The number of allylic oxidation sites excluding steroid dienone is 1. The topological polar surface area (TPSA) is 144 Å². The molecular weight excluding hydrogens is 686 g/mol. The van der Waals surface area contributed by atoms with E-state index >= 15 is 0 Å². The number of hydrogen-bond acceptors (Lipinski definition) is 7. The molecule has 0 aromatic heterocycles.